The second-order valence-corrected chi connectivity index (χ2v) is 5.63. The van der Waals surface area contributed by atoms with Crippen molar-refractivity contribution in [2.24, 2.45) is 0 Å². The van der Waals surface area contributed by atoms with Crippen molar-refractivity contribution in [3.05, 3.63) is 64.0 Å². The first-order valence-corrected chi connectivity index (χ1v) is 7.27. The van der Waals surface area contributed by atoms with Gasteiger partial charge in [-0.1, -0.05) is 12.1 Å². The Morgan fingerprint density at radius 3 is 2.81 bits per heavy atom. The summed E-state index contributed by atoms with van der Waals surface area (Å²) in [5.74, 6) is -0.125. The van der Waals surface area contributed by atoms with Gasteiger partial charge in [-0.05, 0) is 35.7 Å². The summed E-state index contributed by atoms with van der Waals surface area (Å²) in [6.45, 7) is 0. The molecule has 0 amide bonds. The van der Waals surface area contributed by atoms with Crippen molar-refractivity contribution in [1.29, 1.82) is 0 Å². The number of hydrogen-bond acceptors (Lipinski definition) is 3. The van der Waals surface area contributed by atoms with Crippen LogP contribution in [0.25, 0.3) is 32.4 Å². The highest BCUT2D eigenvalue weighted by atomic mass is 32.1. The molecule has 5 heteroatoms. The van der Waals surface area contributed by atoms with Crippen LogP contribution in [-0.2, 0) is 0 Å². The smallest absolute Gasteiger partial charge is 0.259 e. The van der Waals surface area contributed by atoms with E-state index in [0.717, 1.165) is 10.1 Å². The molecule has 0 radical (unpaired) electrons. The summed E-state index contributed by atoms with van der Waals surface area (Å²) >= 11 is 1.53. The predicted octanol–water partition coefficient (Wildman–Crippen LogP) is 3.94. The van der Waals surface area contributed by atoms with Gasteiger partial charge in [-0.15, -0.1) is 11.3 Å². The standard InChI is InChI=1S/C16H9FN2OS/c17-11-5-6-13-10(7-8-21-13)14(11)15-18-12-4-2-1-3-9(12)16(20)19-15/h1-8H,(H,18,19,20). The number of H-pyrrole nitrogens is 1. The van der Waals surface area contributed by atoms with Gasteiger partial charge in [0.05, 0.1) is 16.5 Å². The van der Waals surface area contributed by atoms with Crippen molar-refractivity contribution in [3.63, 3.8) is 0 Å². The van der Waals surface area contributed by atoms with E-state index in [1.165, 1.54) is 17.4 Å². The van der Waals surface area contributed by atoms with E-state index >= 15 is 0 Å². The highest BCUT2D eigenvalue weighted by Crippen LogP contribution is 2.32. The molecule has 4 aromatic rings. The summed E-state index contributed by atoms with van der Waals surface area (Å²) in [6, 6.07) is 12.0. The van der Waals surface area contributed by atoms with Gasteiger partial charge < -0.3 is 4.98 Å². The van der Waals surface area contributed by atoms with Gasteiger partial charge in [0.1, 0.15) is 11.6 Å². The molecule has 0 bridgehead atoms. The van der Waals surface area contributed by atoms with Crippen LogP contribution < -0.4 is 5.56 Å². The Morgan fingerprint density at radius 1 is 1.05 bits per heavy atom. The zero-order chi connectivity index (χ0) is 14.4. The molecule has 2 aromatic carbocycles. The molecule has 0 aliphatic heterocycles. The monoisotopic (exact) mass is 296 g/mol. The van der Waals surface area contributed by atoms with Crippen molar-refractivity contribution >= 4 is 32.3 Å². The molecule has 0 aliphatic carbocycles. The normalized spacial score (nSPS) is 11.3. The number of aromatic nitrogens is 2. The Hall–Kier alpha value is -2.53. The Kier molecular flexibility index (Phi) is 2.62. The van der Waals surface area contributed by atoms with Gasteiger partial charge in [0.2, 0.25) is 0 Å². The van der Waals surface area contributed by atoms with Crippen molar-refractivity contribution in [1.82, 2.24) is 9.97 Å². The fraction of sp³-hybridized carbons (Fsp3) is 0. The molecule has 4 rings (SSSR count). The summed E-state index contributed by atoms with van der Waals surface area (Å²) in [7, 11) is 0. The zero-order valence-corrected chi connectivity index (χ0v) is 11.6. The van der Waals surface area contributed by atoms with E-state index in [4.69, 9.17) is 0 Å². The maximum absolute atomic E-state index is 14.3. The van der Waals surface area contributed by atoms with Crippen LogP contribution in [0.15, 0.2) is 52.6 Å². The Labute approximate surface area is 122 Å². The number of hydrogen-bond donors (Lipinski definition) is 1. The lowest BCUT2D eigenvalue weighted by Gasteiger charge is -2.06. The number of thiophene rings is 1. The average Bonchev–Trinajstić information content (AvgIpc) is 2.95. The fourth-order valence-electron chi connectivity index (χ4n) is 2.46. The minimum atomic E-state index is -0.390. The van der Waals surface area contributed by atoms with Gasteiger partial charge in [-0.3, -0.25) is 4.79 Å². The van der Waals surface area contributed by atoms with Gasteiger partial charge in [0, 0.05) is 10.1 Å². The lowest BCUT2D eigenvalue weighted by atomic mass is 10.1. The number of para-hydroxylation sites is 1. The summed E-state index contributed by atoms with van der Waals surface area (Å²) < 4.78 is 15.2. The number of nitrogens with one attached hydrogen (secondary N) is 1. The first kappa shape index (κ1) is 12.2. The second kappa shape index (κ2) is 4.49. The van der Waals surface area contributed by atoms with Gasteiger partial charge in [-0.25, -0.2) is 9.37 Å². The predicted molar refractivity (Wildman–Crippen MR) is 83.1 cm³/mol. The molecule has 0 saturated carbocycles. The molecule has 21 heavy (non-hydrogen) atoms. The van der Waals surface area contributed by atoms with Crippen molar-refractivity contribution in [2.45, 2.75) is 0 Å². The third-order valence-corrected chi connectivity index (χ3v) is 4.32. The second-order valence-electron chi connectivity index (χ2n) is 4.69. The molecule has 0 atom stereocenters. The van der Waals surface area contributed by atoms with E-state index in [-0.39, 0.29) is 17.2 Å². The first-order chi connectivity index (χ1) is 10.2. The minimum Gasteiger partial charge on any atom is -0.306 e. The van der Waals surface area contributed by atoms with Crippen LogP contribution in [0.5, 0.6) is 0 Å². The van der Waals surface area contributed by atoms with E-state index in [0.29, 0.717) is 16.5 Å². The van der Waals surface area contributed by atoms with E-state index in [1.54, 1.807) is 30.3 Å². The van der Waals surface area contributed by atoms with Gasteiger partial charge >= 0.3 is 0 Å². The molecular formula is C16H9FN2OS. The number of rotatable bonds is 1. The SMILES string of the molecule is O=c1[nH]c(-c2c(F)ccc3sccc23)nc2ccccc12. The van der Waals surface area contributed by atoms with E-state index in [1.807, 2.05) is 11.4 Å². The number of aromatic amines is 1. The molecule has 2 heterocycles. The Morgan fingerprint density at radius 2 is 1.90 bits per heavy atom. The fourth-order valence-corrected chi connectivity index (χ4v) is 3.26. The maximum atomic E-state index is 14.3. The molecule has 0 aliphatic rings. The number of benzene rings is 2. The van der Waals surface area contributed by atoms with Crippen LogP contribution in [0.4, 0.5) is 4.39 Å². The molecule has 102 valence electrons. The summed E-state index contributed by atoms with van der Waals surface area (Å²) in [5.41, 5.74) is 0.640. The lowest BCUT2D eigenvalue weighted by molar-refractivity contribution is 0.632. The van der Waals surface area contributed by atoms with E-state index in [9.17, 15) is 9.18 Å². The van der Waals surface area contributed by atoms with Crippen LogP contribution in [0.1, 0.15) is 0 Å². The van der Waals surface area contributed by atoms with Gasteiger partial charge in [0.25, 0.3) is 5.56 Å². The molecule has 3 nitrogen and oxygen atoms in total. The topological polar surface area (TPSA) is 45.8 Å². The third-order valence-electron chi connectivity index (χ3n) is 3.43. The molecular weight excluding hydrogens is 287 g/mol. The van der Waals surface area contributed by atoms with Gasteiger partial charge in [0.15, 0.2) is 0 Å². The first-order valence-electron chi connectivity index (χ1n) is 6.39. The minimum absolute atomic E-state index is 0.262. The van der Waals surface area contributed by atoms with Crippen molar-refractivity contribution < 1.29 is 4.39 Å². The molecule has 0 spiro atoms. The number of halogens is 1. The molecule has 0 saturated heterocycles. The largest absolute Gasteiger partial charge is 0.306 e. The highest BCUT2D eigenvalue weighted by molar-refractivity contribution is 7.17. The summed E-state index contributed by atoms with van der Waals surface area (Å²) in [6.07, 6.45) is 0. The van der Waals surface area contributed by atoms with Gasteiger partial charge in [-0.2, -0.15) is 0 Å². The van der Waals surface area contributed by atoms with Crippen molar-refractivity contribution in [2.75, 3.05) is 0 Å². The maximum Gasteiger partial charge on any atom is 0.259 e. The van der Waals surface area contributed by atoms with Crippen LogP contribution >= 0.6 is 11.3 Å². The zero-order valence-electron chi connectivity index (χ0n) is 10.8. The summed E-state index contributed by atoms with van der Waals surface area (Å²) in [5, 5.41) is 3.16. The molecule has 1 N–H and O–H groups in total. The third kappa shape index (κ3) is 1.86. The van der Waals surface area contributed by atoms with E-state index in [2.05, 4.69) is 9.97 Å². The highest BCUT2D eigenvalue weighted by Gasteiger charge is 2.14. The number of nitrogens with zero attached hydrogens (tertiary/aromatic N) is 1. The van der Waals surface area contributed by atoms with Crippen molar-refractivity contribution in [3.8, 4) is 11.4 Å². The van der Waals surface area contributed by atoms with Crippen LogP contribution in [0.3, 0.4) is 0 Å². The van der Waals surface area contributed by atoms with Crippen LogP contribution in [-0.4, -0.2) is 9.97 Å². The molecule has 0 fully saturated rings. The lowest BCUT2D eigenvalue weighted by Crippen LogP contribution is -2.10. The van der Waals surface area contributed by atoms with Crippen LogP contribution in [0.2, 0.25) is 0 Å². The number of fused-ring (bicyclic) bond motifs is 2. The average molecular weight is 296 g/mol. The molecule has 0 unspecified atom stereocenters. The Balaban J connectivity index is 2.11. The quantitative estimate of drug-likeness (QED) is 0.578. The molecule has 2 aromatic heterocycles. The van der Waals surface area contributed by atoms with E-state index < -0.39 is 0 Å². The van der Waals surface area contributed by atoms with Crippen LogP contribution in [0, 0.1) is 5.82 Å². The summed E-state index contributed by atoms with van der Waals surface area (Å²) in [4.78, 5) is 19.2. The Bertz CT molecular complexity index is 1040.